The van der Waals surface area contributed by atoms with Crippen LogP contribution in [0, 0.1) is 0 Å². The van der Waals surface area contributed by atoms with E-state index in [1.165, 1.54) is 6.07 Å². The number of carbonyl (C=O) groups is 1. The second-order valence-corrected chi connectivity index (χ2v) is 2.30. The number of carboxylic acid groups (broad SMARTS) is 1. The van der Waals surface area contributed by atoms with E-state index in [-0.39, 0.29) is 11.1 Å². The molecule has 13 heavy (non-hydrogen) atoms. The quantitative estimate of drug-likeness (QED) is 0.715. The molecule has 0 amide bonds. The number of carboxylic acids is 1. The van der Waals surface area contributed by atoms with Crippen LogP contribution in [0.1, 0.15) is 17.3 Å². The summed E-state index contributed by atoms with van der Waals surface area (Å²) < 4.78 is 0.906. The fourth-order valence-corrected chi connectivity index (χ4v) is 0.834. The minimum absolute atomic E-state index is 0.0213. The maximum absolute atomic E-state index is 11.0. The third-order valence-corrected chi connectivity index (χ3v) is 1.39. The Hall–Kier alpha value is -1.78. The van der Waals surface area contributed by atoms with Crippen LogP contribution < -0.4 is 10.4 Å². The number of nitrogens with zero attached hydrogens (tertiary/aromatic N) is 1. The van der Waals surface area contributed by atoms with Gasteiger partial charge in [-0.1, -0.05) is 0 Å². The number of hydrogen-bond donors (Lipinski definition) is 1. The van der Waals surface area contributed by atoms with Crippen molar-refractivity contribution in [2.45, 2.75) is 6.92 Å². The molecule has 1 aromatic rings. The average molecular weight is 183 g/mol. The summed E-state index contributed by atoms with van der Waals surface area (Å²) in [4.78, 5) is 26.4. The molecule has 0 saturated carbocycles. The van der Waals surface area contributed by atoms with Crippen LogP contribution in [0.25, 0.3) is 0 Å². The van der Waals surface area contributed by atoms with Crippen LogP contribution in [0.15, 0.2) is 23.1 Å². The van der Waals surface area contributed by atoms with Gasteiger partial charge in [0.1, 0.15) is 6.61 Å². The SMILES string of the molecule is CCOn1cc(C(=O)O)ccc1=O. The highest BCUT2D eigenvalue weighted by Gasteiger charge is 2.04. The first-order valence-corrected chi connectivity index (χ1v) is 3.74. The average Bonchev–Trinajstić information content (AvgIpc) is 2.08. The summed E-state index contributed by atoms with van der Waals surface area (Å²) in [6.07, 6.45) is 1.15. The summed E-state index contributed by atoms with van der Waals surface area (Å²) >= 11 is 0. The van der Waals surface area contributed by atoms with Crippen LogP contribution in [0.4, 0.5) is 0 Å². The van der Waals surface area contributed by atoms with Gasteiger partial charge in [-0.15, -0.1) is 0 Å². The zero-order chi connectivity index (χ0) is 9.84. The zero-order valence-corrected chi connectivity index (χ0v) is 7.06. The molecule has 1 rings (SSSR count). The Labute approximate surface area is 74.1 Å². The van der Waals surface area contributed by atoms with Crippen molar-refractivity contribution in [1.29, 1.82) is 0 Å². The van der Waals surface area contributed by atoms with Crippen molar-refractivity contribution in [1.82, 2.24) is 4.73 Å². The molecule has 0 fully saturated rings. The third kappa shape index (κ3) is 2.08. The molecule has 0 unspecified atom stereocenters. The van der Waals surface area contributed by atoms with Gasteiger partial charge < -0.3 is 9.94 Å². The minimum Gasteiger partial charge on any atom is -0.478 e. The number of hydrogen-bond acceptors (Lipinski definition) is 3. The lowest BCUT2D eigenvalue weighted by Gasteiger charge is -2.05. The van der Waals surface area contributed by atoms with Gasteiger partial charge in [0.2, 0.25) is 0 Å². The van der Waals surface area contributed by atoms with Crippen LogP contribution in [-0.4, -0.2) is 22.4 Å². The molecule has 0 saturated heterocycles. The fourth-order valence-electron chi connectivity index (χ4n) is 0.834. The van der Waals surface area contributed by atoms with Crippen molar-refractivity contribution >= 4 is 5.97 Å². The third-order valence-electron chi connectivity index (χ3n) is 1.39. The molecule has 5 heteroatoms. The number of aromatic nitrogens is 1. The van der Waals surface area contributed by atoms with Gasteiger partial charge >= 0.3 is 5.97 Å². The van der Waals surface area contributed by atoms with E-state index in [1.807, 2.05) is 0 Å². The molecule has 0 radical (unpaired) electrons. The molecule has 0 aliphatic rings. The van der Waals surface area contributed by atoms with Crippen molar-refractivity contribution in [3.8, 4) is 0 Å². The second-order valence-electron chi connectivity index (χ2n) is 2.30. The Bertz CT molecular complexity index is 369. The van der Waals surface area contributed by atoms with Crippen molar-refractivity contribution in [3.63, 3.8) is 0 Å². The molecular formula is C8H9NO4. The first-order chi connectivity index (χ1) is 6.15. The van der Waals surface area contributed by atoms with Crippen LogP contribution in [-0.2, 0) is 0 Å². The summed E-state index contributed by atoms with van der Waals surface area (Å²) in [5.74, 6) is -1.09. The monoisotopic (exact) mass is 183 g/mol. The van der Waals surface area contributed by atoms with E-state index in [0.717, 1.165) is 17.0 Å². The molecular weight excluding hydrogens is 174 g/mol. The van der Waals surface area contributed by atoms with Crippen LogP contribution in [0.5, 0.6) is 0 Å². The largest absolute Gasteiger partial charge is 0.478 e. The summed E-state index contributed by atoms with van der Waals surface area (Å²) in [5.41, 5.74) is -0.361. The normalized spacial score (nSPS) is 9.62. The van der Waals surface area contributed by atoms with Crippen LogP contribution in [0.3, 0.4) is 0 Å². The van der Waals surface area contributed by atoms with Gasteiger partial charge in [-0.25, -0.2) is 4.79 Å². The Balaban J connectivity index is 3.11. The number of rotatable bonds is 3. The molecule has 1 aromatic heterocycles. The lowest BCUT2D eigenvalue weighted by Crippen LogP contribution is -2.26. The van der Waals surface area contributed by atoms with Crippen molar-refractivity contribution in [2.24, 2.45) is 0 Å². The van der Waals surface area contributed by atoms with Gasteiger partial charge in [0.15, 0.2) is 0 Å². The maximum atomic E-state index is 11.0. The summed E-state index contributed by atoms with van der Waals surface area (Å²) in [6.45, 7) is 2.02. The van der Waals surface area contributed by atoms with E-state index >= 15 is 0 Å². The lowest BCUT2D eigenvalue weighted by molar-refractivity contribution is 0.0685. The lowest BCUT2D eigenvalue weighted by atomic mass is 10.3. The minimum atomic E-state index is -1.09. The molecule has 1 heterocycles. The molecule has 0 aliphatic heterocycles. The van der Waals surface area contributed by atoms with E-state index < -0.39 is 5.97 Å². The first-order valence-electron chi connectivity index (χ1n) is 3.74. The summed E-state index contributed by atoms with van der Waals surface area (Å²) in [5, 5.41) is 8.60. The highest BCUT2D eigenvalue weighted by atomic mass is 16.7. The Kier molecular flexibility index (Phi) is 2.69. The van der Waals surface area contributed by atoms with Crippen molar-refractivity contribution < 1.29 is 14.7 Å². The Morgan fingerprint density at radius 2 is 2.31 bits per heavy atom. The maximum Gasteiger partial charge on any atom is 0.337 e. The molecule has 0 spiro atoms. The topological polar surface area (TPSA) is 68.5 Å². The zero-order valence-electron chi connectivity index (χ0n) is 7.06. The predicted octanol–water partition coefficient (Wildman–Crippen LogP) is -0.00500. The van der Waals surface area contributed by atoms with Crippen molar-refractivity contribution in [3.05, 3.63) is 34.2 Å². The highest BCUT2D eigenvalue weighted by Crippen LogP contribution is 1.93. The standard InChI is InChI=1S/C8H9NO4/c1-2-13-9-5-6(8(11)12)3-4-7(9)10/h3-5H,2H2,1H3,(H,11,12). The van der Waals surface area contributed by atoms with Gasteiger partial charge in [-0.3, -0.25) is 4.79 Å². The summed E-state index contributed by atoms with van der Waals surface area (Å²) in [6, 6.07) is 2.39. The van der Waals surface area contributed by atoms with Crippen LogP contribution >= 0.6 is 0 Å². The summed E-state index contributed by atoms with van der Waals surface area (Å²) in [7, 11) is 0. The van der Waals surface area contributed by atoms with Gasteiger partial charge in [-0.05, 0) is 13.0 Å². The smallest absolute Gasteiger partial charge is 0.337 e. The van der Waals surface area contributed by atoms with E-state index in [4.69, 9.17) is 9.94 Å². The van der Waals surface area contributed by atoms with Gasteiger partial charge in [-0.2, -0.15) is 4.73 Å². The molecule has 0 aliphatic carbocycles. The molecule has 1 N–H and O–H groups in total. The number of aromatic carboxylic acids is 1. The van der Waals surface area contributed by atoms with Gasteiger partial charge in [0, 0.05) is 6.07 Å². The fraction of sp³-hybridized carbons (Fsp3) is 0.250. The molecule has 0 bridgehead atoms. The predicted molar refractivity (Wildman–Crippen MR) is 44.8 cm³/mol. The Morgan fingerprint density at radius 1 is 1.62 bits per heavy atom. The van der Waals surface area contributed by atoms with Crippen LogP contribution in [0.2, 0.25) is 0 Å². The molecule has 70 valence electrons. The Morgan fingerprint density at radius 3 is 2.85 bits per heavy atom. The van der Waals surface area contributed by atoms with Crippen molar-refractivity contribution in [2.75, 3.05) is 6.61 Å². The highest BCUT2D eigenvalue weighted by molar-refractivity contribution is 5.87. The molecule has 5 nitrogen and oxygen atoms in total. The van der Waals surface area contributed by atoms with Gasteiger partial charge in [0.25, 0.3) is 5.56 Å². The van der Waals surface area contributed by atoms with E-state index in [0.29, 0.717) is 6.61 Å². The second kappa shape index (κ2) is 3.75. The van der Waals surface area contributed by atoms with E-state index in [1.54, 1.807) is 6.92 Å². The van der Waals surface area contributed by atoms with Gasteiger partial charge in [0.05, 0.1) is 11.8 Å². The first kappa shape index (κ1) is 9.31. The number of pyridine rings is 1. The van der Waals surface area contributed by atoms with E-state index in [2.05, 4.69) is 0 Å². The molecule has 0 aromatic carbocycles. The van der Waals surface area contributed by atoms with E-state index in [9.17, 15) is 9.59 Å². The molecule has 0 atom stereocenters.